The van der Waals surface area contributed by atoms with Crippen LogP contribution in [0.2, 0.25) is 0 Å². The number of halogens is 1. The fourth-order valence-electron chi connectivity index (χ4n) is 1.78. The van der Waals surface area contributed by atoms with Gasteiger partial charge in [-0.25, -0.2) is 8.42 Å². The number of ether oxygens (including phenoxy) is 1. The lowest BCUT2D eigenvalue weighted by molar-refractivity contribution is 0.293. The van der Waals surface area contributed by atoms with Crippen molar-refractivity contribution < 1.29 is 13.2 Å². The Morgan fingerprint density at radius 2 is 2.10 bits per heavy atom. The van der Waals surface area contributed by atoms with E-state index in [0.717, 1.165) is 15.9 Å². The molecular weight excluding hydrogens is 344 g/mol. The largest absolute Gasteiger partial charge is 0.487 e. The van der Waals surface area contributed by atoms with Crippen LogP contribution in [0.5, 0.6) is 5.75 Å². The van der Waals surface area contributed by atoms with Gasteiger partial charge in [0.25, 0.3) is 0 Å². The highest BCUT2D eigenvalue weighted by Gasteiger charge is 2.12. The van der Waals surface area contributed by atoms with Crippen LogP contribution in [-0.2, 0) is 23.5 Å². The highest BCUT2D eigenvalue weighted by atomic mass is 79.9. The van der Waals surface area contributed by atoms with Crippen LogP contribution in [-0.4, -0.2) is 24.5 Å². The van der Waals surface area contributed by atoms with Crippen molar-refractivity contribution in [2.45, 2.75) is 18.4 Å². The quantitative estimate of drug-likeness (QED) is 0.842. The molecule has 0 fully saturated rings. The summed E-state index contributed by atoms with van der Waals surface area (Å²) in [6, 6.07) is 6.46. The molecule has 2 aromatic rings. The van der Waals surface area contributed by atoms with E-state index in [2.05, 4.69) is 21.0 Å². The summed E-state index contributed by atoms with van der Waals surface area (Å²) in [6.45, 7) is 2.21. The summed E-state index contributed by atoms with van der Waals surface area (Å²) < 4.78 is 31.3. The van der Waals surface area contributed by atoms with Crippen molar-refractivity contribution in [2.24, 2.45) is 7.05 Å². The number of aromatic nitrogens is 2. The number of hydrogen-bond donors (Lipinski definition) is 0. The molecular formula is C13H15BrN2O3S. The highest BCUT2D eigenvalue weighted by Crippen LogP contribution is 2.23. The summed E-state index contributed by atoms with van der Waals surface area (Å²) >= 11 is 3.46. The molecule has 0 N–H and O–H groups in total. The van der Waals surface area contributed by atoms with Gasteiger partial charge in [-0.05, 0) is 41.1 Å². The minimum atomic E-state index is -3.23. The molecule has 0 saturated carbocycles. The Morgan fingerprint density at radius 1 is 1.40 bits per heavy atom. The topological polar surface area (TPSA) is 61.2 Å². The van der Waals surface area contributed by atoms with Gasteiger partial charge in [-0.2, -0.15) is 5.10 Å². The van der Waals surface area contributed by atoms with Crippen molar-refractivity contribution in [3.63, 3.8) is 0 Å². The third-order valence-corrected chi connectivity index (χ3v) is 5.01. The van der Waals surface area contributed by atoms with Crippen LogP contribution in [0, 0.1) is 6.92 Å². The van der Waals surface area contributed by atoms with Crippen LogP contribution < -0.4 is 4.74 Å². The lowest BCUT2D eigenvalue weighted by Crippen LogP contribution is -2.04. The van der Waals surface area contributed by atoms with E-state index in [1.165, 1.54) is 12.3 Å². The molecule has 5 nitrogen and oxygen atoms in total. The van der Waals surface area contributed by atoms with Crippen LogP contribution in [0.4, 0.5) is 0 Å². The van der Waals surface area contributed by atoms with Crippen LogP contribution in [0.25, 0.3) is 0 Å². The van der Waals surface area contributed by atoms with Gasteiger partial charge in [-0.3, -0.25) is 4.68 Å². The molecule has 0 bridgehead atoms. The molecule has 1 aromatic heterocycles. The predicted molar refractivity (Wildman–Crippen MR) is 79.5 cm³/mol. The van der Waals surface area contributed by atoms with Crippen molar-refractivity contribution in [1.29, 1.82) is 0 Å². The molecule has 0 aliphatic rings. The smallest absolute Gasteiger partial charge is 0.175 e. The van der Waals surface area contributed by atoms with E-state index < -0.39 is 9.84 Å². The number of aryl methyl sites for hydroxylation is 2. The van der Waals surface area contributed by atoms with E-state index in [4.69, 9.17) is 4.74 Å². The third-order valence-electron chi connectivity index (χ3n) is 2.87. The first-order chi connectivity index (χ1) is 9.29. The summed E-state index contributed by atoms with van der Waals surface area (Å²) in [6.07, 6.45) is 1.17. The van der Waals surface area contributed by atoms with E-state index in [1.807, 2.05) is 14.0 Å². The zero-order valence-electron chi connectivity index (χ0n) is 11.4. The monoisotopic (exact) mass is 358 g/mol. The molecule has 1 aromatic carbocycles. The number of sulfone groups is 1. The van der Waals surface area contributed by atoms with E-state index in [0.29, 0.717) is 12.4 Å². The molecule has 7 heteroatoms. The van der Waals surface area contributed by atoms with Crippen molar-refractivity contribution in [3.8, 4) is 5.75 Å². The molecule has 0 amide bonds. The fourth-order valence-corrected chi connectivity index (χ4v) is 2.89. The Bertz CT molecular complexity index is 738. The number of hydrogen-bond acceptors (Lipinski definition) is 4. The maximum absolute atomic E-state index is 11.5. The van der Waals surface area contributed by atoms with Gasteiger partial charge in [0.1, 0.15) is 12.4 Å². The van der Waals surface area contributed by atoms with Crippen LogP contribution in [0.1, 0.15) is 11.4 Å². The number of rotatable bonds is 4. The summed E-state index contributed by atoms with van der Waals surface area (Å²) in [7, 11) is -1.39. The minimum Gasteiger partial charge on any atom is -0.487 e. The van der Waals surface area contributed by atoms with E-state index in [1.54, 1.807) is 22.9 Å². The lowest BCUT2D eigenvalue weighted by atomic mass is 10.3. The molecule has 1 heterocycles. The van der Waals surface area contributed by atoms with Crippen LogP contribution in [0.3, 0.4) is 0 Å². The molecule has 108 valence electrons. The fraction of sp³-hybridized carbons (Fsp3) is 0.308. The molecule has 0 atom stereocenters. The van der Waals surface area contributed by atoms with Gasteiger partial charge in [0.05, 0.1) is 20.8 Å². The van der Waals surface area contributed by atoms with Crippen molar-refractivity contribution >= 4 is 25.8 Å². The Hall–Kier alpha value is -1.34. The van der Waals surface area contributed by atoms with Crippen molar-refractivity contribution in [1.82, 2.24) is 9.78 Å². The van der Waals surface area contributed by atoms with Crippen LogP contribution >= 0.6 is 15.9 Å². The summed E-state index contributed by atoms with van der Waals surface area (Å²) in [4.78, 5) is 0.246. The maximum Gasteiger partial charge on any atom is 0.175 e. The second-order valence-electron chi connectivity index (χ2n) is 4.51. The van der Waals surface area contributed by atoms with Gasteiger partial charge >= 0.3 is 0 Å². The van der Waals surface area contributed by atoms with Gasteiger partial charge in [0, 0.05) is 13.3 Å². The molecule has 0 spiro atoms. The number of benzene rings is 1. The Labute approximate surface area is 126 Å². The normalized spacial score (nSPS) is 11.6. The van der Waals surface area contributed by atoms with E-state index in [9.17, 15) is 8.42 Å². The Balaban J connectivity index is 2.19. The number of nitrogens with zero attached hydrogens (tertiary/aromatic N) is 2. The molecule has 0 aliphatic carbocycles. The van der Waals surface area contributed by atoms with Gasteiger partial charge in [-0.15, -0.1) is 0 Å². The average molecular weight is 359 g/mol. The second-order valence-corrected chi connectivity index (χ2v) is 7.31. The first-order valence-corrected chi connectivity index (χ1v) is 8.58. The first-order valence-electron chi connectivity index (χ1n) is 5.90. The first kappa shape index (κ1) is 15.1. The zero-order chi connectivity index (χ0) is 14.9. The third kappa shape index (κ3) is 3.21. The Kier molecular flexibility index (Phi) is 4.19. The SMILES string of the molecule is Cc1nn(C)c(COc2cccc(S(C)(=O)=O)c2)c1Br. The lowest BCUT2D eigenvalue weighted by Gasteiger charge is -2.08. The van der Waals surface area contributed by atoms with Gasteiger partial charge in [0.15, 0.2) is 9.84 Å². The summed E-state index contributed by atoms with van der Waals surface area (Å²) in [5.74, 6) is 0.513. The van der Waals surface area contributed by atoms with Gasteiger partial charge in [0.2, 0.25) is 0 Å². The van der Waals surface area contributed by atoms with Crippen LogP contribution in [0.15, 0.2) is 33.6 Å². The van der Waals surface area contributed by atoms with Gasteiger partial charge < -0.3 is 4.74 Å². The highest BCUT2D eigenvalue weighted by molar-refractivity contribution is 9.10. The Morgan fingerprint density at radius 3 is 2.65 bits per heavy atom. The molecule has 0 unspecified atom stereocenters. The van der Waals surface area contributed by atoms with E-state index in [-0.39, 0.29) is 4.90 Å². The molecule has 2 rings (SSSR count). The summed E-state index contributed by atoms with van der Waals surface area (Å²) in [5, 5.41) is 4.27. The minimum absolute atomic E-state index is 0.246. The predicted octanol–water partition coefficient (Wildman–Crippen LogP) is 2.47. The summed E-state index contributed by atoms with van der Waals surface area (Å²) in [5.41, 5.74) is 1.78. The maximum atomic E-state index is 11.5. The molecule has 0 saturated heterocycles. The van der Waals surface area contributed by atoms with Crippen molar-refractivity contribution in [3.05, 3.63) is 40.1 Å². The average Bonchev–Trinajstić information content (AvgIpc) is 2.61. The van der Waals surface area contributed by atoms with E-state index >= 15 is 0 Å². The second kappa shape index (κ2) is 5.57. The molecule has 0 aliphatic heterocycles. The zero-order valence-corrected chi connectivity index (χ0v) is 13.8. The van der Waals surface area contributed by atoms with Gasteiger partial charge in [-0.1, -0.05) is 6.07 Å². The molecule has 0 radical (unpaired) electrons. The standard InChI is InChI=1S/C13H15BrN2O3S/c1-9-13(14)12(16(2)15-9)8-19-10-5-4-6-11(7-10)20(3,17)18/h4-7H,8H2,1-3H3. The molecule has 20 heavy (non-hydrogen) atoms. The van der Waals surface area contributed by atoms with Crippen molar-refractivity contribution in [2.75, 3.05) is 6.26 Å².